The molecule has 0 aromatic heterocycles. The summed E-state index contributed by atoms with van der Waals surface area (Å²) in [6, 6.07) is 6.71. The number of nitrogens with one attached hydrogen (secondary N) is 1. The molecule has 2 atom stereocenters. The molecule has 1 aromatic carbocycles. The van der Waals surface area contributed by atoms with Gasteiger partial charge in [0, 0.05) is 22.5 Å². The summed E-state index contributed by atoms with van der Waals surface area (Å²) in [6.45, 7) is 0. The fourth-order valence-electron chi connectivity index (χ4n) is 2.22. The summed E-state index contributed by atoms with van der Waals surface area (Å²) in [7, 11) is 2.02. The van der Waals surface area contributed by atoms with Crippen molar-refractivity contribution >= 4 is 27.7 Å². The van der Waals surface area contributed by atoms with E-state index in [1.165, 1.54) is 5.56 Å². The number of rotatable bonds is 4. The lowest BCUT2D eigenvalue weighted by atomic mass is 9.95. The normalized spacial score (nSPS) is 23.0. The molecule has 0 saturated heterocycles. The number of benzene rings is 1. The zero-order valence-electron chi connectivity index (χ0n) is 10.2. The largest absolute Gasteiger partial charge is 0.490 e. The Morgan fingerprint density at radius 1 is 1.53 bits per heavy atom. The first-order valence-electron chi connectivity index (χ1n) is 5.87. The molecule has 4 heteroatoms. The van der Waals surface area contributed by atoms with E-state index in [0.717, 1.165) is 28.8 Å². The van der Waals surface area contributed by atoms with Crippen molar-refractivity contribution in [2.45, 2.75) is 25.0 Å². The minimum absolute atomic E-state index is 0.335. The van der Waals surface area contributed by atoms with Gasteiger partial charge in [-0.15, -0.1) is 0 Å². The lowest BCUT2D eigenvalue weighted by Gasteiger charge is -2.32. The predicted octanol–water partition coefficient (Wildman–Crippen LogP) is 3.61. The molecule has 2 rings (SSSR count). The molecule has 1 aliphatic heterocycles. The lowest BCUT2D eigenvalue weighted by molar-refractivity contribution is 0.149. The number of fused-ring (bicyclic) bond motifs is 1. The molecule has 2 unspecified atom stereocenters. The highest BCUT2D eigenvalue weighted by molar-refractivity contribution is 9.10. The number of thioether (sulfide) groups is 1. The van der Waals surface area contributed by atoms with Crippen molar-refractivity contribution in [1.29, 1.82) is 0 Å². The van der Waals surface area contributed by atoms with Gasteiger partial charge in [0.25, 0.3) is 0 Å². The standard InChI is InChI=1S/C13H18BrNOS/c1-15-12-8-10(5-6-17-2)16-13-7-9(14)3-4-11(12)13/h3-4,7,10,12,15H,5-6,8H2,1-2H3. The zero-order chi connectivity index (χ0) is 12.3. The third-order valence-corrected chi connectivity index (χ3v) is 4.27. The molecule has 0 saturated carbocycles. The highest BCUT2D eigenvalue weighted by Crippen LogP contribution is 2.37. The smallest absolute Gasteiger partial charge is 0.125 e. The van der Waals surface area contributed by atoms with Crippen LogP contribution in [0.25, 0.3) is 0 Å². The van der Waals surface area contributed by atoms with E-state index >= 15 is 0 Å². The van der Waals surface area contributed by atoms with Crippen LogP contribution in [0.4, 0.5) is 0 Å². The number of halogens is 1. The number of hydrogen-bond donors (Lipinski definition) is 1. The van der Waals surface area contributed by atoms with Gasteiger partial charge in [-0.2, -0.15) is 11.8 Å². The monoisotopic (exact) mass is 315 g/mol. The van der Waals surface area contributed by atoms with Gasteiger partial charge in [-0.25, -0.2) is 0 Å². The van der Waals surface area contributed by atoms with Gasteiger partial charge in [0.05, 0.1) is 0 Å². The average molecular weight is 316 g/mol. The van der Waals surface area contributed by atoms with Crippen LogP contribution in [0.15, 0.2) is 22.7 Å². The first-order chi connectivity index (χ1) is 8.24. The molecule has 0 bridgehead atoms. The fourth-order valence-corrected chi connectivity index (χ4v) is 3.05. The van der Waals surface area contributed by atoms with Crippen molar-refractivity contribution in [3.05, 3.63) is 28.2 Å². The molecule has 2 nitrogen and oxygen atoms in total. The molecule has 1 aliphatic rings. The Bertz CT molecular complexity index is 386. The SMILES string of the molecule is CNC1CC(CCSC)Oc2cc(Br)ccc21. The summed E-state index contributed by atoms with van der Waals surface area (Å²) in [6.07, 6.45) is 4.65. The Kier molecular flexibility index (Phi) is 4.77. The second-order valence-corrected chi connectivity index (χ2v) is 6.18. The maximum absolute atomic E-state index is 6.06. The van der Waals surface area contributed by atoms with E-state index in [2.05, 4.69) is 45.7 Å². The van der Waals surface area contributed by atoms with Gasteiger partial charge in [-0.1, -0.05) is 22.0 Å². The van der Waals surface area contributed by atoms with Crippen molar-refractivity contribution < 1.29 is 4.74 Å². The van der Waals surface area contributed by atoms with Gasteiger partial charge < -0.3 is 10.1 Å². The average Bonchev–Trinajstić information content (AvgIpc) is 2.34. The molecular formula is C13H18BrNOS. The summed E-state index contributed by atoms with van der Waals surface area (Å²) in [5.41, 5.74) is 1.27. The maximum atomic E-state index is 6.06. The van der Waals surface area contributed by atoms with Gasteiger partial charge in [-0.3, -0.25) is 0 Å². The van der Waals surface area contributed by atoms with Crippen LogP contribution < -0.4 is 10.1 Å². The molecule has 0 amide bonds. The van der Waals surface area contributed by atoms with Crippen LogP contribution in [0, 0.1) is 0 Å². The van der Waals surface area contributed by atoms with Gasteiger partial charge in [0.15, 0.2) is 0 Å². The van der Waals surface area contributed by atoms with E-state index in [0.29, 0.717) is 12.1 Å². The molecule has 1 aromatic rings. The van der Waals surface area contributed by atoms with E-state index in [4.69, 9.17) is 4.74 Å². The van der Waals surface area contributed by atoms with Gasteiger partial charge in [-0.05, 0) is 37.6 Å². The van der Waals surface area contributed by atoms with E-state index in [-0.39, 0.29) is 0 Å². The van der Waals surface area contributed by atoms with Crippen LogP contribution in [-0.4, -0.2) is 25.2 Å². The Balaban J connectivity index is 2.18. The van der Waals surface area contributed by atoms with Gasteiger partial charge in [0.2, 0.25) is 0 Å². The highest BCUT2D eigenvalue weighted by Gasteiger charge is 2.26. The van der Waals surface area contributed by atoms with Crippen LogP contribution in [0.2, 0.25) is 0 Å². The molecule has 0 aliphatic carbocycles. The minimum atomic E-state index is 0.335. The summed E-state index contributed by atoms with van der Waals surface area (Å²) >= 11 is 5.38. The molecular weight excluding hydrogens is 298 g/mol. The van der Waals surface area contributed by atoms with E-state index < -0.39 is 0 Å². The van der Waals surface area contributed by atoms with E-state index in [1.807, 2.05) is 18.8 Å². The molecule has 0 radical (unpaired) electrons. The molecule has 94 valence electrons. The second-order valence-electron chi connectivity index (χ2n) is 4.28. The first kappa shape index (κ1) is 13.2. The Morgan fingerprint density at radius 3 is 3.06 bits per heavy atom. The van der Waals surface area contributed by atoms with Crippen molar-refractivity contribution in [1.82, 2.24) is 5.32 Å². The molecule has 0 spiro atoms. The van der Waals surface area contributed by atoms with Crippen LogP contribution in [0.1, 0.15) is 24.4 Å². The second kappa shape index (κ2) is 6.12. The molecule has 0 fully saturated rings. The van der Waals surface area contributed by atoms with Crippen molar-refractivity contribution in [2.24, 2.45) is 0 Å². The molecule has 1 N–H and O–H groups in total. The zero-order valence-corrected chi connectivity index (χ0v) is 12.6. The summed E-state index contributed by atoms with van der Waals surface area (Å²) in [5, 5.41) is 3.38. The Hall–Kier alpha value is -0.190. The van der Waals surface area contributed by atoms with Crippen molar-refractivity contribution in [3.8, 4) is 5.75 Å². The van der Waals surface area contributed by atoms with Gasteiger partial charge in [0.1, 0.15) is 11.9 Å². The highest BCUT2D eigenvalue weighted by atomic mass is 79.9. The lowest BCUT2D eigenvalue weighted by Crippen LogP contribution is -2.31. The Labute approximate surface area is 116 Å². The quantitative estimate of drug-likeness (QED) is 0.917. The van der Waals surface area contributed by atoms with Crippen molar-refractivity contribution in [3.63, 3.8) is 0 Å². The summed E-state index contributed by atoms with van der Waals surface area (Å²) in [4.78, 5) is 0. The number of hydrogen-bond acceptors (Lipinski definition) is 3. The Morgan fingerprint density at radius 2 is 2.35 bits per heavy atom. The van der Waals surface area contributed by atoms with Crippen molar-refractivity contribution in [2.75, 3.05) is 19.1 Å². The third-order valence-electron chi connectivity index (χ3n) is 3.14. The van der Waals surface area contributed by atoms with Gasteiger partial charge >= 0.3 is 0 Å². The minimum Gasteiger partial charge on any atom is -0.490 e. The molecule has 17 heavy (non-hydrogen) atoms. The topological polar surface area (TPSA) is 21.3 Å². The summed E-state index contributed by atoms with van der Waals surface area (Å²) in [5.74, 6) is 2.18. The van der Waals surface area contributed by atoms with E-state index in [1.54, 1.807) is 0 Å². The summed E-state index contributed by atoms with van der Waals surface area (Å²) < 4.78 is 7.14. The van der Waals surface area contributed by atoms with Crippen LogP contribution in [0.3, 0.4) is 0 Å². The third kappa shape index (κ3) is 3.18. The van der Waals surface area contributed by atoms with Crippen LogP contribution in [0.5, 0.6) is 5.75 Å². The van der Waals surface area contributed by atoms with Crippen LogP contribution in [-0.2, 0) is 0 Å². The maximum Gasteiger partial charge on any atom is 0.125 e. The molecule has 1 heterocycles. The van der Waals surface area contributed by atoms with Crippen LogP contribution >= 0.6 is 27.7 Å². The fraction of sp³-hybridized carbons (Fsp3) is 0.538. The van der Waals surface area contributed by atoms with E-state index in [9.17, 15) is 0 Å². The first-order valence-corrected chi connectivity index (χ1v) is 8.05. The number of ether oxygens (including phenoxy) is 1. The predicted molar refractivity (Wildman–Crippen MR) is 78.0 cm³/mol.